The highest BCUT2D eigenvalue weighted by atomic mass is 16.5. The number of amides is 1. The van der Waals surface area contributed by atoms with Crippen LogP contribution in [0.25, 0.3) is 5.65 Å². The highest BCUT2D eigenvalue weighted by Crippen LogP contribution is 2.34. The third-order valence-electron chi connectivity index (χ3n) is 5.24. The zero-order valence-corrected chi connectivity index (χ0v) is 16.8. The number of nitrogens with zero attached hydrogens (tertiary/aromatic N) is 4. The average Bonchev–Trinajstić information content (AvgIpc) is 3.10. The van der Waals surface area contributed by atoms with Crippen LogP contribution in [0.15, 0.2) is 48.9 Å². The van der Waals surface area contributed by atoms with Crippen LogP contribution in [0.3, 0.4) is 0 Å². The van der Waals surface area contributed by atoms with Crippen LogP contribution < -0.4 is 0 Å². The lowest BCUT2D eigenvalue weighted by atomic mass is 9.87. The van der Waals surface area contributed by atoms with Gasteiger partial charge in [0.05, 0.1) is 18.8 Å². The number of morpholine rings is 1. The number of carbonyl (C=O) groups excluding carboxylic acids is 1. The minimum absolute atomic E-state index is 0.0511. The molecule has 28 heavy (non-hydrogen) atoms. The van der Waals surface area contributed by atoms with E-state index in [4.69, 9.17) is 4.74 Å². The Morgan fingerprint density at radius 1 is 1.14 bits per heavy atom. The molecule has 0 N–H and O–H groups in total. The van der Waals surface area contributed by atoms with Crippen LogP contribution in [0.4, 0.5) is 0 Å². The molecule has 0 spiro atoms. The van der Waals surface area contributed by atoms with Crippen molar-refractivity contribution in [3.8, 4) is 0 Å². The Morgan fingerprint density at radius 2 is 1.89 bits per heavy atom. The fourth-order valence-electron chi connectivity index (χ4n) is 3.54. The summed E-state index contributed by atoms with van der Waals surface area (Å²) in [4.78, 5) is 19.7. The normalized spacial score (nSPS) is 20.5. The van der Waals surface area contributed by atoms with E-state index in [1.54, 1.807) is 16.9 Å². The lowest BCUT2D eigenvalue weighted by Gasteiger charge is -2.43. The van der Waals surface area contributed by atoms with Crippen molar-refractivity contribution < 1.29 is 9.53 Å². The van der Waals surface area contributed by atoms with Gasteiger partial charge in [-0.25, -0.2) is 9.50 Å². The van der Waals surface area contributed by atoms with Crippen LogP contribution in [-0.4, -0.2) is 44.6 Å². The summed E-state index contributed by atoms with van der Waals surface area (Å²) in [6.07, 6.45) is 5.04. The summed E-state index contributed by atoms with van der Waals surface area (Å²) in [7, 11) is 0. The summed E-state index contributed by atoms with van der Waals surface area (Å²) in [5.41, 5.74) is 3.12. The van der Waals surface area contributed by atoms with Crippen molar-refractivity contribution in [3.05, 3.63) is 65.6 Å². The van der Waals surface area contributed by atoms with Crippen molar-refractivity contribution >= 4 is 11.6 Å². The lowest BCUT2D eigenvalue weighted by molar-refractivity contribution is -0.119. The maximum absolute atomic E-state index is 13.4. The van der Waals surface area contributed by atoms with Gasteiger partial charge in [-0.05, 0) is 23.5 Å². The van der Waals surface area contributed by atoms with Gasteiger partial charge in [0.2, 0.25) is 0 Å². The molecular weight excluding hydrogens is 352 g/mol. The molecule has 0 saturated carbocycles. The summed E-state index contributed by atoms with van der Waals surface area (Å²) in [5.74, 6) is -0.0511. The van der Waals surface area contributed by atoms with Gasteiger partial charge in [0.25, 0.3) is 5.91 Å². The zero-order valence-electron chi connectivity index (χ0n) is 16.8. The molecule has 6 nitrogen and oxygen atoms in total. The van der Waals surface area contributed by atoms with Crippen LogP contribution in [-0.2, 0) is 4.74 Å². The van der Waals surface area contributed by atoms with Crippen molar-refractivity contribution in [1.29, 1.82) is 0 Å². The number of rotatable bonds is 2. The Morgan fingerprint density at radius 3 is 2.61 bits per heavy atom. The van der Waals surface area contributed by atoms with E-state index >= 15 is 0 Å². The summed E-state index contributed by atoms with van der Waals surface area (Å²) in [5, 5.41) is 4.32. The molecule has 2 atom stereocenters. The van der Waals surface area contributed by atoms with Gasteiger partial charge in [-0.2, -0.15) is 5.10 Å². The van der Waals surface area contributed by atoms with Crippen molar-refractivity contribution in [3.63, 3.8) is 0 Å². The van der Waals surface area contributed by atoms with Gasteiger partial charge >= 0.3 is 0 Å². The van der Waals surface area contributed by atoms with Crippen LogP contribution in [0, 0.1) is 12.3 Å². The van der Waals surface area contributed by atoms with E-state index in [1.807, 2.05) is 36.2 Å². The molecule has 2 aromatic heterocycles. The second-order valence-corrected chi connectivity index (χ2v) is 8.56. The van der Waals surface area contributed by atoms with E-state index < -0.39 is 0 Å². The third kappa shape index (κ3) is 3.52. The standard InChI is InChI=1S/C22H26N4O2/c1-15-10-23-20-17(11-24-26(20)12-15)21(27)25-13-18(16-8-6-5-7-9-16)28-19(14-25)22(2,3)4/h5-12,18-19H,13-14H2,1-4H3/t18-,19+/m0/s1. The molecule has 0 unspecified atom stereocenters. The summed E-state index contributed by atoms with van der Waals surface area (Å²) in [6, 6.07) is 10.1. The van der Waals surface area contributed by atoms with Crippen LogP contribution in [0.1, 0.15) is 48.4 Å². The zero-order chi connectivity index (χ0) is 19.9. The quantitative estimate of drug-likeness (QED) is 0.683. The molecule has 1 amide bonds. The molecule has 1 aliphatic heterocycles. The second-order valence-electron chi connectivity index (χ2n) is 8.56. The van der Waals surface area contributed by atoms with Gasteiger partial charge in [0.15, 0.2) is 5.65 Å². The van der Waals surface area contributed by atoms with Crippen LogP contribution >= 0.6 is 0 Å². The van der Waals surface area contributed by atoms with Crippen molar-refractivity contribution in [1.82, 2.24) is 19.5 Å². The Labute approximate surface area is 165 Å². The molecule has 0 aliphatic carbocycles. The van der Waals surface area contributed by atoms with Gasteiger partial charge in [0, 0.05) is 18.9 Å². The molecule has 0 radical (unpaired) electrons. The number of carbonyl (C=O) groups is 1. The molecule has 4 rings (SSSR count). The van der Waals surface area contributed by atoms with E-state index in [-0.39, 0.29) is 23.5 Å². The van der Waals surface area contributed by atoms with E-state index in [2.05, 4.69) is 43.0 Å². The Bertz CT molecular complexity index is 991. The maximum Gasteiger partial charge on any atom is 0.259 e. The molecule has 146 valence electrons. The molecule has 1 aromatic carbocycles. The summed E-state index contributed by atoms with van der Waals surface area (Å²) in [6.45, 7) is 9.46. The Kier molecular flexibility index (Phi) is 4.67. The minimum atomic E-state index is -0.153. The molecule has 1 fully saturated rings. The van der Waals surface area contributed by atoms with Crippen molar-refractivity contribution in [2.24, 2.45) is 5.41 Å². The smallest absolute Gasteiger partial charge is 0.259 e. The fraction of sp³-hybridized carbons (Fsp3) is 0.409. The SMILES string of the molecule is Cc1cnc2c(C(=O)N3C[C@@H](c4ccccc4)O[C@@H](C(C)(C)C)C3)cnn2c1. The van der Waals surface area contributed by atoms with Crippen LogP contribution in [0.5, 0.6) is 0 Å². The van der Waals surface area contributed by atoms with Crippen molar-refractivity contribution in [2.45, 2.75) is 39.9 Å². The summed E-state index contributed by atoms with van der Waals surface area (Å²) < 4.78 is 8.07. The number of ether oxygens (including phenoxy) is 1. The first-order chi connectivity index (χ1) is 13.3. The number of hydrogen-bond acceptors (Lipinski definition) is 4. The van der Waals surface area contributed by atoms with E-state index in [9.17, 15) is 4.79 Å². The molecule has 0 bridgehead atoms. The number of fused-ring (bicyclic) bond motifs is 1. The number of benzene rings is 1. The fourth-order valence-corrected chi connectivity index (χ4v) is 3.54. The van der Waals surface area contributed by atoms with Gasteiger partial charge in [0.1, 0.15) is 11.7 Å². The van der Waals surface area contributed by atoms with Crippen LogP contribution in [0.2, 0.25) is 0 Å². The van der Waals surface area contributed by atoms with Crippen molar-refractivity contribution in [2.75, 3.05) is 13.1 Å². The molecule has 1 aliphatic rings. The van der Waals surface area contributed by atoms with Gasteiger partial charge in [-0.15, -0.1) is 0 Å². The molecular formula is C22H26N4O2. The van der Waals surface area contributed by atoms with Gasteiger partial charge in [-0.1, -0.05) is 51.1 Å². The largest absolute Gasteiger partial charge is 0.366 e. The predicted octanol–water partition coefficient (Wildman–Crippen LogP) is 3.67. The highest BCUT2D eigenvalue weighted by Gasteiger charge is 2.38. The third-order valence-corrected chi connectivity index (χ3v) is 5.24. The highest BCUT2D eigenvalue weighted by molar-refractivity contribution is 5.99. The second kappa shape index (κ2) is 7.02. The molecule has 3 heterocycles. The number of aryl methyl sites for hydroxylation is 1. The predicted molar refractivity (Wildman–Crippen MR) is 107 cm³/mol. The monoisotopic (exact) mass is 378 g/mol. The van der Waals surface area contributed by atoms with Gasteiger partial charge < -0.3 is 9.64 Å². The Balaban J connectivity index is 1.67. The first kappa shape index (κ1) is 18.6. The Hall–Kier alpha value is -2.73. The molecule has 6 heteroatoms. The first-order valence-electron chi connectivity index (χ1n) is 9.62. The first-order valence-corrected chi connectivity index (χ1v) is 9.62. The lowest BCUT2D eigenvalue weighted by Crippen LogP contribution is -2.51. The number of hydrogen-bond donors (Lipinski definition) is 0. The van der Waals surface area contributed by atoms with E-state index in [0.29, 0.717) is 24.3 Å². The average molecular weight is 378 g/mol. The molecule has 1 saturated heterocycles. The van der Waals surface area contributed by atoms with E-state index in [0.717, 1.165) is 11.1 Å². The maximum atomic E-state index is 13.4. The van der Waals surface area contributed by atoms with Gasteiger partial charge in [-0.3, -0.25) is 4.79 Å². The topological polar surface area (TPSA) is 59.7 Å². The minimum Gasteiger partial charge on any atom is -0.366 e. The summed E-state index contributed by atoms with van der Waals surface area (Å²) >= 11 is 0. The van der Waals surface area contributed by atoms with E-state index in [1.165, 1.54) is 0 Å². The molecule has 3 aromatic rings. The number of aromatic nitrogens is 3.